The first-order valence-corrected chi connectivity index (χ1v) is 12.8. The van der Waals surface area contributed by atoms with Crippen LogP contribution < -0.4 is 14.5 Å². The summed E-state index contributed by atoms with van der Waals surface area (Å²) in [6.07, 6.45) is 1.68. The van der Waals surface area contributed by atoms with Gasteiger partial charge in [-0.15, -0.1) is 0 Å². The van der Waals surface area contributed by atoms with Gasteiger partial charge in [-0.2, -0.15) is 10.2 Å². The minimum atomic E-state index is -0.506. The first-order valence-electron chi connectivity index (χ1n) is 12.5. The fourth-order valence-electron chi connectivity index (χ4n) is 4.95. The van der Waals surface area contributed by atoms with Crippen LogP contribution in [0.2, 0.25) is 5.02 Å². The number of nitriles is 1. The van der Waals surface area contributed by atoms with Crippen LogP contribution in [0.5, 0.6) is 5.88 Å². The molecule has 0 saturated carbocycles. The van der Waals surface area contributed by atoms with Crippen molar-refractivity contribution in [3.05, 3.63) is 81.8 Å². The van der Waals surface area contributed by atoms with Gasteiger partial charge in [0, 0.05) is 37.0 Å². The molecule has 2 aromatic heterocycles. The Morgan fingerprint density at radius 1 is 1.13 bits per heavy atom. The van der Waals surface area contributed by atoms with Gasteiger partial charge >= 0.3 is 0 Å². The van der Waals surface area contributed by atoms with E-state index in [0.717, 1.165) is 16.8 Å². The molecule has 0 saturated heterocycles. The van der Waals surface area contributed by atoms with E-state index >= 15 is 0 Å². The number of amides is 1. The summed E-state index contributed by atoms with van der Waals surface area (Å²) < 4.78 is 7.69. The lowest BCUT2D eigenvalue weighted by molar-refractivity contribution is 0.0989. The lowest BCUT2D eigenvalue weighted by atomic mass is 10.0. The molecule has 2 aromatic carbocycles. The highest BCUT2D eigenvalue weighted by Gasteiger charge is 2.45. The molecular weight excluding hydrogens is 514 g/mol. The molecule has 3 heterocycles. The summed E-state index contributed by atoms with van der Waals surface area (Å²) in [5.74, 6) is 1.17. The Balaban J connectivity index is 1.78. The predicted octanol–water partition coefficient (Wildman–Crippen LogP) is 5.58. The van der Waals surface area contributed by atoms with Crippen LogP contribution >= 0.6 is 11.6 Å². The van der Waals surface area contributed by atoms with E-state index in [-0.39, 0.29) is 11.9 Å². The Hall–Kier alpha value is -4.42. The van der Waals surface area contributed by atoms with Gasteiger partial charge in [0.05, 0.1) is 30.0 Å². The Morgan fingerprint density at radius 2 is 1.85 bits per heavy atom. The van der Waals surface area contributed by atoms with Crippen molar-refractivity contribution in [3.8, 4) is 23.3 Å². The van der Waals surface area contributed by atoms with Gasteiger partial charge in [0.15, 0.2) is 5.69 Å². The number of imidazole rings is 1. The third kappa shape index (κ3) is 4.37. The van der Waals surface area contributed by atoms with E-state index in [1.165, 1.54) is 0 Å². The molecule has 1 atom stereocenters. The van der Waals surface area contributed by atoms with Crippen molar-refractivity contribution in [3.63, 3.8) is 0 Å². The van der Waals surface area contributed by atoms with E-state index in [1.54, 1.807) is 47.4 Å². The first-order chi connectivity index (χ1) is 18.7. The van der Waals surface area contributed by atoms with Gasteiger partial charge in [0.25, 0.3) is 5.91 Å². The normalized spacial score (nSPS) is 14.5. The van der Waals surface area contributed by atoms with Gasteiger partial charge in [0.1, 0.15) is 11.9 Å². The molecule has 0 N–H and O–H groups in total. The highest BCUT2D eigenvalue weighted by molar-refractivity contribution is 6.31. The van der Waals surface area contributed by atoms with E-state index in [4.69, 9.17) is 21.3 Å². The summed E-state index contributed by atoms with van der Waals surface area (Å²) in [6, 6.07) is 14.4. The molecule has 0 radical (unpaired) electrons. The van der Waals surface area contributed by atoms with E-state index in [1.807, 2.05) is 57.6 Å². The van der Waals surface area contributed by atoms with Crippen molar-refractivity contribution in [2.24, 2.45) is 0 Å². The molecule has 0 fully saturated rings. The molecule has 1 unspecified atom stereocenters. The Labute approximate surface area is 232 Å². The second-order valence-electron chi connectivity index (χ2n) is 9.86. The van der Waals surface area contributed by atoms with Crippen LogP contribution in [0.3, 0.4) is 0 Å². The quantitative estimate of drug-likeness (QED) is 0.314. The zero-order valence-corrected chi connectivity index (χ0v) is 23.4. The highest BCUT2D eigenvalue weighted by Crippen LogP contribution is 2.46. The standard InChI is InChI=1S/C29H28ClN7O2/c1-16(2)36-25-23(33-26(36)21-15-32-29(35(4)5)34-27(21)39-6)28(38)37(22-13-20(30)12-7-17(22)3)24(25)19-10-8-18(14-31)9-11-19/h7-13,15-16,24H,1-6H3. The van der Waals surface area contributed by atoms with Gasteiger partial charge in [-0.25, -0.2) is 9.97 Å². The van der Waals surface area contributed by atoms with E-state index < -0.39 is 6.04 Å². The molecule has 0 aliphatic carbocycles. The van der Waals surface area contributed by atoms with Crippen LogP contribution in [0.15, 0.2) is 48.7 Å². The number of hydrogen-bond acceptors (Lipinski definition) is 7. The number of ether oxygens (including phenoxy) is 1. The van der Waals surface area contributed by atoms with E-state index in [0.29, 0.717) is 45.2 Å². The molecule has 39 heavy (non-hydrogen) atoms. The van der Waals surface area contributed by atoms with Gasteiger partial charge in [-0.3, -0.25) is 9.69 Å². The SMILES string of the molecule is COc1nc(N(C)C)ncc1-c1nc2c(n1C(C)C)C(c1ccc(C#N)cc1)N(c1cc(Cl)ccc1C)C2=O. The number of anilines is 2. The number of halogens is 1. The number of fused-ring (bicyclic) bond motifs is 1. The topological polar surface area (TPSA) is 100 Å². The molecule has 1 aliphatic heterocycles. The van der Waals surface area contributed by atoms with Gasteiger partial charge in [-0.1, -0.05) is 29.8 Å². The number of carbonyl (C=O) groups excluding carboxylic acids is 1. The number of benzene rings is 2. The molecule has 0 bridgehead atoms. The Bertz CT molecular complexity index is 1620. The van der Waals surface area contributed by atoms with Crippen molar-refractivity contribution in [1.82, 2.24) is 19.5 Å². The minimum Gasteiger partial charge on any atom is -0.480 e. The third-order valence-electron chi connectivity index (χ3n) is 6.76. The number of carbonyl (C=O) groups is 1. The number of rotatable bonds is 6. The summed E-state index contributed by atoms with van der Waals surface area (Å²) in [5, 5.41) is 9.90. The maximum absolute atomic E-state index is 14.2. The lowest BCUT2D eigenvalue weighted by Gasteiger charge is -2.29. The van der Waals surface area contributed by atoms with E-state index in [2.05, 4.69) is 16.0 Å². The molecule has 1 aliphatic rings. The fourth-order valence-corrected chi connectivity index (χ4v) is 5.12. The molecule has 198 valence electrons. The zero-order valence-electron chi connectivity index (χ0n) is 22.6. The summed E-state index contributed by atoms with van der Waals surface area (Å²) in [6.45, 7) is 6.03. The van der Waals surface area contributed by atoms with Crippen LogP contribution in [-0.2, 0) is 0 Å². The van der Waals surface area contributed by atoms with Crippen molar-refractivity contribution >= 4 is 29.1 Å². The number of nitrogens with zero attached hydrogens (tertiary/aromatic N) is 7. The Morgan fingerprint density at radius 3 is 2.46 bits per heavy atom. The molecule has 4 aromatic rings. The lowest BCUT2D eigenvalue weighted by Crippen LogP contribution is -2.31. The second kappa shape index (κ2) is 10.0. The van der Waals surface area contributed by atoms with Gasteiger partial charge in [0.2, 0.25) is 11.8 Å². The average Bonchev–Trinajstić information content (AvgIpc) is 3.44. The van der Waals surface area contributed by atoms with E-state index in [9.17, 15) is 10.1 Å². The number of methoxy groups -OCH3 is 1. The van der Waals surface area contributed by atoms with Crippen LogP contribution in [0.4, 0.5) is 11.6 Å². The summed E-state index contributed by atoms with van der Waals surface area (Å²) in [4.78, 5) is 31.6. The molecule has 0 spiro atoms. The zero-order chi connectivity index (χ0) is 28.0. The van der Waals surface area contributed by atoms with Crippen LogP contribution in [0, 0.1) is 18.3 Å². The van der Waals surface area contributed by atoms with Crippen LogP contribution in [0.1, 0.15) is 58.8 Å². The maximum Gasteiger partial charge on any atom is 0.279 e. The molecular formula is C29H28ClN7O2. The second-order valence-corrected chi connectivity index (χ2v) is 10.3. The highest BCUT2D eigenvalue weighted by atomic mass is 35.5. The minimum absolute atomic E-state index is 0.0661. The third-order valence-corrected chi connectivity index (χ3v) is 7.00. The predicted molar refractivity (Wildman–Crippen MR) is 151 cm³/mol. The van der Waals surface area contributed by atoms with Gasteiger partial charge < -0.3 is 14.2 Å². The van der Waals surface area contributed by atoms with Crippen molar-refractivity contribution < 1.29 is 9.53 Å². The van der Waals surface area contributed by atoms with Crippen LogP contribution in [-0.4, -0.2) is 46.6 Å². The summed E-state index contributed by atoms with van der Waals surface area (Å²) in [7, 11) is 5.26. The molecule has 1 amide bonds. The first kappa shape index (κ1) is 26.2. The fraction of sp³-hybridized carbons (Fsp3) is 0.276. The number of hydrogen-bond donors (Lipinski definition) is 0. The molecule has 9 nitrogen and oxygen atoms in total. The molecule has 5 rings (SSSR count). The molecule has 10 heteroatoms. The number of aromatic nitrogens is 4. The van der Waals surface area contributed by atoms with Crippen molar-refractivity contribution in [1.29, 1.82) is 5.26 Å². The van der Waals surface area contributed by atoms with Gasteiger partial charge in [-0.05, 0) is 56.2 Å². The monoisotopic (exact) mass is 541 g/mol. The van der Waals surface area contributed by atoms with Crippen molar-refractivity contribution in [2.45, 2.75) is 32.9 Å². The van der Waals surface area contributed by atoms with Crippen molar-refractivity contribution in [2.75, 3.05) is 31.0 Å². The summed E-state index contributed by atoms with van der Waals surface area (Å²) >= 11 is 6.39. The Kier molecular flexibility index (Phi) is 6.74. The smallest absolute Gasteiger partial charge is 0.279 e. The maximum atomic E-state index is 14.2. The number of aryl methyl sites for hydroxylation is 1. The largest absolute Gasteiger partial charge is 0.480 e. The van der Waals surface area contributed by atoms with Crippen LogP contribution in [0.25, 0.3) is 11.4 Å². The summed E-state index contributed by atoms with van der Waals surface area (Å²) in [5.41, 5.74) is 4.66. The average molecular weight is 542 g/mol.